The maximum Gasteiger partial charge on any atom is 0.191 e. The first-order valence-electron chi connectivity index (χ1n) is 4.49. The van der Waals surface area contributed by atoms with E-state index in [0.717, 1.165) is 15.2 Å². The van der Waals surface area contributed by atoms with Crippen molar-refractivity contribution < 1.29 is 31.7 Å². The van der Waals surface area contributed by atoms with Crippen molar-refractivity contribution in [2.45, 2.75) is 11.6 Å². The summed E-state index contributed by atoms with van der Waals surface area (Å²) < 4.78 is 0. The minimum atomic E-state index is 0. The van der Waals surface area contributed by atoms with Crippen molar-refractivity contribution in [3.05, 3.63) is 71.6 Å². The molecule has 2 saturated carbocycles. The minimum Gasteiger partial charge on any atom is -0.412 e. The predicted octanol–water partition coefficient (Wildman–Crippen LogP) is 2.45. The third-order valence-electron chi connectivity index (χ3n) is 1.11. The second-order valence-electron chi connectivity index (χ2n) is 2.50. The fraction of sp³-hybridized carbons (Fsp3) is 0.154. The minimum absolute atomic E-state index is 0. The average molecular weight is 312 g/mol. The molecule has 0 aromatic heterocycles. The molecule has 2 N–H and O–H groups in total. The molecule has 2 fully saturated rings. The van der Waals surface area contributed by atoms with Crippen LogP contribution in [0.5, 0.6) is 0 Å². The summed E-state index contributed by atoms with van der Waals surface area (Å²) in [5.41, 5.74) is 0. The van der Waals surface area contributed by atoms with E-state index in [-0.39, 0.29) is 39.1 Å². The Morgan fingerprint density at radius 1 is 0.562 bits per heavy atom. The Morgan fingerprint density at radius 3 is 0.688 bits per heavy atom. The molecule has 0 unspecified atom stereocenters. The second-order valence-corrected chi connectivity index (χ2v) is 3.66. The first-order valence-corrected chi connectivity index (χ1v) is 6.80. The summed E-state index contributed by atoms with van der Waals surface area (Å²) >= 11 is 0.750. The summed E-state index contributed by atoms with van der Waals surface area (Å²) in [6.07, 6.45) is 20.0. The Kier molecular flexibility index (Phi) is 41.1. The summed E-state index contributed by atoms with van der Waals surface area (Å²) in [6, 6.07) is 0. The summed E-state index contributed by atoms with van der Waals surface area (Å²) in [5.74, 6) is 4.42. The van der Waals surface area contributed by atoms with Crippen LogP contribution in [0.3, 0.4) is 0 Å². The van der Waals surface area contributed by atoms with Gasteiger partial charge in [0.25, 0.3) is 0 Å². The van der Waals surface area contributed by atoms with Gasteiger partial charge >= 0.3 is 0 Å². The summed E-state index contributed by atoms with van der Waals surface area (Å²) in [7, 11) is 0. The normalized spacial score (nSPS) is 15.9. The maximum atomic E-state index is 2.21. The molecule has 0 bridgehead atoms. The van der Waals surface area contributed by atoms with E-state index in [2.05, 4.69) is 11.6 Å². The van der Waals surface area contributed by atoms with Gasteiger partial charge in [0, 0.05) is 26.2 Å². The maximum absolute atomic E-state index is 2.21. The van der Waals surface area contributed by atoms with E-state index in [1.165, 1.54) is 0 Å². The van der Waals surface area contributed by atoms with E-state index in [0.29, 0.717) is 0 Å². The SMILES string of the molecule is O.[CH3-].[CH3][Al][CH3].[CH]1[CH][CH][CH][CH]1.[CH]1[CH][CH][CH][CH]1.[Zr]. The van der Waals surface area contributed by atoms with Crippen LogP contribution in [-0.2, 0) is 26.2 Å². The van der Waals surface area contributed by atoms with Gasteiger partial charge in [0.05, 0.1) is 0 Å². The summed E-state index contributed by atoms with van der Waals surface area (Å²) in [6.45, 7) is 0. The van der Waals surface area contributed by atoms with Crippen molar-refractivity contribution in [2.75, 3.05) is 0 Å². The molecule has 2 aliphatic carbocycles. The molecule has 0 saturated heterocycles. The summed E-state index contributed by atoms with van der Waals surface area (Å²) in [4.78, 5) is 0. The Bertz CT molecular complexity index is 58.8. The molecular weight excluding hydrogens is 290 g/mol. The van der Waals surface area contributed by atoms with Crippen molar-refractivity contribution >= 4 is 15.2 Å². The van der Waals surface area contributed by atoms with Crippen LogP contribution in [0.1, 0.15) is 0 Å². The van der Waals surface area contributed by atoms with Gasteiger partial charge in [-0.3, -0.25) is 0 Å². The Morgan fingerprint density at radius 2 is 0.625 bits per heavy atom. The molecule has 0 amide bonds. The number of hydrogen-bond donors (Lipinski definition) is 0. The monoisotopic (exact) mass is 310 g/mol. The smallest absolute Gasteiger partial charge is 0.191 e. The van der Waals surface area contributed by atoms with Gasteiger partial charge in [-0.15, -0.1) is 11.6 Å². The quantitative estimate of drug-likeness (QED) is 0.486. The van der Waals surface area contributed by atoms with Crippen LogP contribution in [0.4, 0.5) is 0 Å². The molecule has 0 aromatic carbocycles. The van der Waals surface area contributed by atoms with Crippen LogP contribution in [0, 0.1) is 71.6 Å². The van der Waals surface area contributed by atoms with Crippen LogP contribution in [-0.4, -0.2) is 20.7 Å². The Labute approximate surface area is 129 Å². The van der Waals surface area contributed by atoms with Crippen molar-refractivity contribution in [2.24, 2.45) is 0 Å². The van der Waals surface area contributed by atoms with Gasteiger partial charge in [0.1, 0.15) is 0 Å². The van der Waals surface area contributed by atoms with E-state index in [9.17, 15) is 0 Å². The molecule has 3 heteroatoms. The van der Waals surface area contributed by atoms with E-state index in [1.54, 1.807) is 0 Å². The van der Waals surface area contributed by atoms with Gasteiger partial charge in [0.15, 0.2) is 15.2 Å². The third kappa shape index (κ3) is 24.6. The Balaban J connectivity index is -0.0000000638. The van der Waals surface area contributed by atoms with Crippen LogP contribution in [0.15, 0.2) is 0 Å². The van der Waals surface area contributed by atoms with Gasteiger partial charge in [-0.05, 0) is 64.2 Å². The first kappa shape index (κ1) is 26.0. The molecule has 2 rings (SSSR count). The van der Waals surface area contributed by atoms with Crippen molar-refractivity contribution in [3.8, 4) is 0 Å². The van der Waals surface area contributed by atoms with Crippen molar-refractivity contribution in [1.82, 2.24) is 0 Å². The van der Waals surface area contributed by atoms with Gasteiger partial charge in [-0.25, -0.2) is 0 Å². The molecule has 1 nitrogen and oxygen atoms in total. The van der Waals surface area contributed by atoms with Crippen LogP contribution in [0.25, 0.3) is 0 Å². The van der Waals surface area contributed by atoms with Gasteiger partial charge in [0.2, 0.25) is 0 Å². The first-order chi connectivity index (χ1) is 6.41. The molecule has 0 atom stereocenters. The zero-order valence-electron chi connectivity index (χ0n) is 10.4. The number of hydrogen-bond acceptors (Lipinski definition) is 0. The fourth-order valence-corrected chi connectivity index (χ4v) is 0.642. The van der Waals surface area contributed by atoms with Crippen molar-refractivity contribution in [1.29, 1.82) is 0 Å². The third-order valence-corrected chi connectivity index (χ3v) is 1.11. The molecule has 0 aromatic rings. The van der Waals surface area contributed by atoms with Crippen LogP contribution < -0.4 is 0 Å². The molecule has 0 aliphatic heterocycles. The van der Waals surface area contributed by atoms with E-state index in [4.69, 9.17) is 0 Å². The fourth-order valence-electron chi connectivity index (χ4n) is 0.642. The number of rotatable bonds is 0. The zero-order valence-corrected chi connectivity index (χ0v) is 14.0. The van der Waals surface area contributed by atoms with Crippen LogP contribution in [0.2, 0.25) is 11.6 Å². The molecule has 87 valence electrons. The molecule has 2 aliphatic rings. The van der Waals surface area contributed by atoms with E-state index < -0.39 is 0 Å². The molecule has 16 heavy (non-hydrogen) atoms. The zero-order chi connectivity index (χ0) is 9.78. The van der Waals surface area contributed by atoms with Gasteiger partial charge in [-0.1, -0.05) is 0 Å². The van der Waals surface area contributed by atoms with Gasteiger partial charge < -0.3 is 12.9 Å². The largest absolute Gasteiger partial charge is 0.412 e. The van der Waals surface area contributed by atoms with Crippen molar-refractivity contribution in [3.63, 3.8) is 0 Å². The molecule has 11 radical (unpaired) electrons. The molecule has 0 spiro atoms. The standard InChI is InChI=1S/2C5H5.3CH3.Al.H2O.Zr/c2*1-2-4-5-3-1;;;;;;/h2*1-5H;3*1H3;;1H2;/q;;;;-1;;;. The van der Waals surface area contributed by atoms with E-state index >= 15 is 0 Å². The second kappa shape index (κ2) is 25.3. The van der Waals surface area contributed by atoms with Gasteiger partial charge in [-0.2, -0.15) is 0 Å². The average Bonchev–Trinajstić information content (AvgIpc) is 2.85. The topological polar surface area (TPSA) is 31.5 Å². The summed E-state index contributed by atoms with van der Waals surface area (Å²) in [5, 5.41) is 0. The molecular formula is C13H21AlOZr-. The predicted molar refractivity (Wildman–Crippen MR) is 70.5 cm³/mol. The van der Waals surface area contributed by atoms with Crippen LogP contribution >= 0.6 is 0 Å². The molecule has 0 heterocycles. The van der Waals surface area contributed by atoms with E-state index in [1.807, 2.05) is 64.2 Å². The Hall–Kier alpha value is 1.38.